The molecule has 68 valence electrons. The van der Waals surface area contributed by atoms with E-state index in [2.05, 4.69) is 50.1 Å². The molecular formula is C12H15S+. The fourth-order valence-corrected chi connectivity index (χ4v) is 2.32. The summed E-state index contributed by atoms with van der Waals surface area (Å²) in [5.41, 5.74) is 0. The van der Waals surface area contributed by atoms with Crippen molar-refractivity contribution in [3.05, 3.63) is 54.0 Å². The van der Waals surface area contributed by atoms with Gasteiger partial charge in [0.05, 0.1) is 10.9 Å². The molecule has 1 aromatic rings. The summed E-state index contributed by atoms with van der Waals surface area (Å²) in [5, 5.41) is 0. The van der Waals surface area contributed by atoms with E-state index < -0.39 is 0 Å². The largest absolute Gasteiger partial charge is 0.160 e. The highest BCUT2D eigenvalue weighted by Gasteiger charge is 2.16. The van der Waals surface area contributed by atoms with Crippen LogP contribution in [0.3, 0.4) is 0 Å². The predicted octanol–water partition coefficient (Wildman–Crippen LogP) is 3.38. The fraction of sp³-hybridized carbons (Fsp3) is 0.167. The molecule has 0 saturated carbocycles. The summed E-state index contributed by atoms with van der Waals surface area (Å²) < 4.78 is 0. The average Bonchev–Trinajstić information content (AvgIpc) is 2.18. The van der Waals surface area contributed by atoms with Crippen LogP contribution in [0.4, 0.5) is 0 Å². The molecule has 0 aromatic heterocycles. The second kappa shape index (κ2) is 4.93. The van der Waals surface area contributed by atoms with Crippen molar-refractivity contribution in [2.45, 2.75) is 11.8 Å². The molecule has 1 unspecified atom stereocenters. The van der Waals surface area contributed by atoms with Gasteiger partial charge in [-0.3, -0.25) is 0 Å². The molecule has 1 atom stereocenters. The first-order valence-electron chi connectivity index (χ1n) is 4.26. The highest BCUT2D eigenvalue weighted by molar-refractivity contribution is 7.99. The highest BCUT2D eigenvalue weighted by atomic mass is 32.2. The van der Waals surface area contributed by atoms with Crippen LogP contribution in [-0.2, 0) is 10.9 Å². The number of benzene rings is 1. The summed E-state index contributed by atoms with van der Waals surface area (Å²) in [4.78, 5) is 2.76. The van der Waals surface area contributed by atoms with Gasteiger partial charge in [-0.05, 0) is 18.2 Å². The fourth-order valence-electron chi connectivity index (χ4n) is 1.08. The summed E-state index contributed by atoms with van der Waals surface area (Å²) in [6.07, 6.45) is 6.17. The van der Waals surface area contributed by atoms with Gasteiger partial charge in [0, 0.05) is 6.92 Å². The van der Waals surface area contributed by atoms with Crippen LogP contribution in [0.5, 0.6) is 0 Å². The number of rotatable bonds is 3. The van der Waals surface area contributed by atoms with Gasteiger partial charge in [-0.1, -0.05) is 30.9 Å². The van der Waals surface area contributed by atoms with E-state index in [0.717, 1.165) is 0 Å². The van der Waals surface area contributed by atoms with Crippen LogP contribution in [-0.4, -0.2) is 6.26 Å². The summed E-state index contributed by atoms with van der Waals surface area (Å²) in [6.45, 7) is 5.86. The van der Waals surface area contributed by atoms with E-state index in [9.17, 15) is 0 Å². The Kier molecular flexibility index (Phi) is 3.84. The van der Waals surface area contributed by atoms with Gasteiger partial charge in [-0.15, -0.1) is 0 Å². The minimum absolute atomic E-state index is 0.212. The van der Waals surface area contributed by atoms with E-state index in [1.54, 1.807) is 0 Å². The molecule has 1 aromatic carbocycles. The van der Waals surface area contributed by atoms with Crippen molar-refractivity contribution in [1.82, 2.24) is 0 Å². The first kappa shape index (κ1) is 10.1. The lowest BCUT2D eigenvalue weighted by atomic mass is 10.4. The van der Waals surface area contributed by atoms with Crippen molar-refractivity contribution in [1.29, 1.82) is 0 Å². The maximum atomic E-state index is 3.70. The van der Waals surface area contributed by atoms with Crippen molar-refractivity contribution in [2.24, 2.45) is 0 Å². The third kappa shape index (κ3) is 2.78. The Morgan fingerprint density at radius 2 is 1.92 bits per heavy atom. The number of hydrogen-bond acceptors (Lipinski definition) is 0. The molecule has 0 aliphatic heterocycles. The van der Waals surface area contributed by atoms with Gasteiger partial charge in [0.1, 0.15) is 11.2 Å². The Morgan fingerprint density at radius 1 is 1.31 bits per heavy atom. The molecule has 0 radical (unpaired) electrons. The number of allylic oxidation sites excluding steroid dienone is 3. The Morgan fingerprint density at radius 3 is 2.46 bits per heavy atom. The highest BCUT2D eigenvalue weighted by Crippen LogP contribution is 2.18. The normalized spacial score (nSPS) is 13.8. The Hall–Kier alpha value is -0.950. The van der Waals surface area contributed by atoms with E-state index in [4.69, 9.17) is 0 Å². The molecule has 0 N–H and O–H groups in total. The summed E-state index contributed by atoms with van der Waals surface area (Å²) in [7, 11) is 0.212. The monoisotopic (exact) mass is 191 g/mol. The minimum atomic E-state index is 0.212. The lowest BCUT2D eigenvalue weighted by molar-refractivity contribution is 1.44. The molecule has 1 rings (SSSR count). The zero-order chi connectivity index (χ0) is 9.68. The van der Waals surface area contributed by atoms with E-state index in [0.29, 0.717) is 0 Å². The van der Waals surface area contributed by atoms with Crippen molar-refractivity contribution in [3.8, 4) is 0 Å². The zero-order valence-electron chi connectivity index (χ0n) is 8.16. The molecule has 0 spiro atoms. The minimum Gasteiger partial charge on any atom is -0.0989 e. The van der Waals surface area contributed by atoms with Crippen LogP contribution in [0.25, 0.3) is 0 Å². The smallest absolute Gasteiger partial charge is 0.0989 e. The zero-order valence-corrected chi connectivity index (χ0v) is 8.97. The second-order valence-corrected chi connectivity index (χ2v) is 4.97. The summed E-state index contributed by atoms with van der Waals surface area (Å²) in [6, 6.07) is 10.6. The Labute approximate surface area is 83.3 Å². The molecule has 0 fully saturated rings. The maximum absolute atomic E-state index is 3.70. The summed E-state index contributed by atoms with van der Waals surface area (Å²) >= 11 is 0. The molecule has 0 amide bonds. The van der Waals surface area contributed by atoms with E-state index in [1.807, 2.05) is 12.1 Å². The lowest BCUT2D eigenvalue weighted by Gasteiger charge is -2.00. The maximum Gasteiger partial charge on any atom is 0.160 e. The Bertz CT molecular complexity index is 298. The standard InChI is InChI=1S/C12H15S/c1-4-8-11(2)13(3)12-9-6-5-7-10-12/h4-10H,1H2,2-3H3/q+1/b11-8+. The van der Waals surface area contributed by atoms with E-state index in [1.165, 1.54) is 9.80 Å². The van der Waals surface area contributed by atoms with Crippen LogP contribution < -0.4 is 0 Å². The van der Waals surface area contributed by atoms with Crippen LogP contribution in [0.1, 0.15) is 6.92 Å². The van der Waals surface area contributed by atoms with Gasteiger partial charge in [0.15, 0.2) is 4.90 Å². The molecule has 0 saturated heterocycles. The molecule has 0 bridgehead atoms. The van der Waals surface area contributed by atoms with Crippen LogP contribution in [0, 0.1) is 0 Å². The first-order chi connectivity index (χ1) is 6.25. The van der Waals surface area contributed by atoms with E-state index >= 15 is 0 Å². The van der Waals surface area contributed by atoms with E-state index in [-0.39, 0.29) is 10.9 Å². The lowest BCUT2D eigenvalue weighted by Crippen LogP contribution is -1.99. The van der Waals surface area contributed by atoms with Gasteiger partial charge in [0.2, 0.25) is 0 Å². The quantitative estimate of drug-likeness (QED) is 0.507. The third-order valence-electron chi connectivity index (χ3n) is 1.93. The van der Waals surface area contributed by atoms with Gasteiger partial charge in [-0.2, -0.15) is 0 Å². The Balaban J connectivity index is 2.85. The van der Waals surface area contributed by atoms with Crippen LogP contribution in [0.2, 0.25) is 0 Å². The second-order valence-electron chi connectivity index (χ2n) is 2.84. The topological polar surface area (TPSA) is 0 Å². The van der Waals surface area contributed by atoms with Crippen molar-refractivity contribution < 1.29 is 0 Å². The molecule has 0 nitrogen and oxygen atoms in total. The molecule has 13 heavy (non-hydrogen) atoms. The van der Waals surface area contributed by atoms with Crippen molar-refractivity contribution >= 4 is 10.9 Å². The SMILES string of the molecule is C=C/C=C(\C)[S+](C)c1ccccc1. The molecule has 0 heterocycles. The third-order valence-corrected chi connectivity index (χ3v) is 4.01. The van der Waals surface area contributed by atoms with Crippen molar-refractivity contribution in [2.75, 3.05) is 6.26 Å². The van der Waals surface area contributed by atoms with Crippen LogP contribution >= 0.6 is 0 Å². The van der Waals surface area contributed by atoms with Gasteiger partial charge < -0.3 is 0 Å². The average molecular weight is 191 g/mol. The summed E-state index contributed by atoms with van der Waals surface area (Å²) in [5.74, 6) is 0. The van der Waals surface area contributed by atoms with Gasteiger partial charge >= 0.3 is 0 Å². The predicted molar refractivity (Wildman–Crippen MR) is 62.0 cm³/mol. The molecule has 0 aliphatic rings. The van der Waals surface area contributed by atoms with Crippen molar-refractivity contribution in [3.63, 3.8) is 0 Å². The number of hydrogen-bond donors (Lipinski definition) is 0. The van der Waals surface area contributed by atoms with Gasteiger partial charge in [-0.25, -0.2) is 0 Å². The first-order valence-corrected chi connectivity index (χ1v) is 5.89. The molecular weight excluding hydrogens is 176 g/mol. The van der Waals surface area contributed by atoms with Crippen LogP contribution in [0.15, 0.2) is 58.9 Å². The molecule has 0 aliphatic carbocycles. The molecule has 1 heteroatoms. The van der Waals surface area contributed by atoms with Gasteiger partial charge in [0.25, 0.3) is 0 Å².